The van der Waals surface area contributed by atoms with Crippen LogP contribution in [0, 0.1) is 0 Å². The van der Waals surface area contributed by atoms with Gasteiger partial charge in [0.2, 0.25) is 0 Å². The number of rotatable bonds is 5. The van der Waals surface area contributed by atoms with Crippen LogP contribution >= 0.6 is 11.3 Å². The fraction of sp³-hybridized carbons (Fsp3) is 0.455. The van der Waals surface area contributed by atoms with Crippen LogP contribution in [0.25, 0.3) is 0 Å². The zero-order valence-electron chi connectivity index (χ0n) is 8.34. The van der Waals surface area contributed by atoms with Gasteiger partial charge in [0.1, 0.15) is 0 Å². The molecule has 0 aromatic carbocycles. The van der Waals surface area contributed by atoms with E-state index >= 15 is 0 Å². The number of hydrogen-bond donors (Lipinski definition) is 1. The van der Waals surface area contributed by atoms with E-state index in [0.29, 0.717) is 0 Å². The Balaban J connectivity index is 2.51. The lowest BCUT2D eigenvalue weighted by molar-refractivity contribution is 0.492. The SMILES string of the molecule is C=CCNCC(C)(C)c1cccs1. The van der Waals surface area contributed by atoms with Gasteiger partial charge in [-0.1, -0.05) is 26.0 Å². The molecular formula is C11H17NS. The van der Waals surface area contributed by atoms with Crippen molar-refractivity contribution in [2.24, 2.45) is 0 Å². The van der Waals surface area contributed by atoms with Crippen LogP contribution in [-0.2, 0) is 5.41 Å². The summed E-state index contributed by atoms with van der Waals surface area (Å²) in [5, 5.41) is 5.48. The second kappa shape index (κ2) is 4.58. The average Bonchev–Trinajstić information content (AvgIpc) is 2.56. The van der Waals surface area contributed by atoms with Gasteiger partial charge in [-0.2, -0.15) is 0 Å². The van der Waals surface area contributed by atoms with Gasteiger partial charge in [-0.15, -0.1) is 17.9 Å². The van der Waals surface area contributed by atoms with Crippen LogP contribution in [0.4, 0.5) is 0 Å². The maximum Gasteiger partial charge on any atom is 0.0132 e. The second-order valence-electron chi connectivity index (χ2n) is 3.78. The first-order valence-corrected chi connectivity index (χ1v) is 5.40. The quantitative estimate of drug-likeness (QED) is 0.563. The summed E-state index contributed by atoms with van der Waals surface area (Å²) >= 11 is 1.82. The molecule has 0 saturated carbocycles. The first kappa shape index (κ1) is 10.5. The Morgan fingerprint density at radius 2 is 2.38 bits per heavy atom. The molecule has 0 radical (unpaired) electrons. The molecule has 0 saturated heterocycles. The molecule has 72 valence electrons. The fourth-order valence-electron chi connectivity index (χ4n) is 1.24. The topological polar surface area (TPSA) is 12.0 Å². The van der Waals surface area contributed by atoms with Crippen molar-refractivity contribution in [2.75, 3.05) is 13.1 Å². The van der Waals surface area contributed by atoms with Gasteiger partial charge in [0.05, 0.1) is 0 Å². The third-order valence-corrected chi connectivity index (χ3v) is 3.28. The lowest BCUT2D eigenvalue weighted by Gasteiger charge is -2.23. The Bertz CT molecular complexity index is 249. The van der Waals surface area contributed by atoms with Crippen molar-refractivity contribution in [3.8, 4) is 0 Å². The minimum Gasteiger partial charge on any atom is -0.312 e. The van der Waals surface area contributed by atoms with E-state index in [2.05, 4.69) is 43.3 Å². The van der Waals surface area contributed by atoms with E-state index in [-0.39, 0.29) is 5.41 Å². The maximum atomic E-state index is 3.68. The second-order valence-corrected chi connectivity index (χ2v) is 4.73. The monoisotopic (exact) mass is 195 g/mol. The van der Waals surface area contributed by atoms with Crippen molar-refractivity contribution in [1.82, 2.24) is 5.32 Å². The molecular weight excluding hydrogens is 178 g/mol. The van der Waals surface area contributed by atoms with Crippen LogP contribution in [0.1, 0.15) is 18.7 Å². The molecule has 0 bridgehead atoms. The fourth-order valence-corrected chi connectivity index (χ4v) is 2.09. The number of nitrogens with one attached hydrogen (secondary N) is 1. The summed E-state index contributed by atoms with van der Waals surface area (Å²) in [6.45, 7) is 10.1. The summed E-state index contributed by atoms with van der Waals surface area (Å²) in [5.41, 5.74) is 0.233. The van der Waals surface area contributed by atoms with Gasteiger partial charge < -0.3 is 5.32 Å². The van der Waals surface area contributed by atoms with E-state index in [9.17, 15) is 0 Å². The molecule has 1 aromatic heterocycles. The lowest BCUT2D eigenvalue weighted by Crippen LogP contribution is -2.32. The molecule has 0 atom stereocenters. The van der Waals surface area contributed by atoms with Gasteiger partial charge in [0.25, 0.3) is 0 Å². The van der Waals surface area contributed by atoms with E-state index in [1.165, 1.54) is 4.88 Å². The Hall–Kier alpha value is -0.600. The normalized spacial score (nSPS) is 11.5. The van der Waals surface area contributed by atoms with E-state index < -0.39 is 0 Å². The van der Waals surface area contributed by atoms with Crippen molar-refractivity contribution in [3.05, 3.63) is 35.0 Å². The van der Waals surface area contributed by atoms with E-state index in [0.717, 1.165) is 13.1 Å². The molecule has 1 N–H and O–H groups in total. The zero-order valence-corrected chi connectivity index (χ0v) is 9.16. The molecule has 2 heteroatoms. The summed E-state index contributed by atoms with van der Waals surface area (Å²) in [6.07, 6.45) is 1.89. The van der Waals surface area contributed by atoms with Crippen LogP contribution in [0.2, 0.25) is 0 Å². The Morgan fingerprint density at radius 1 is 1.62 bits per heavy atom. The highest BCUT2D eigenvalue weighted by molar-refractivity contribution is 7.10. The van der Waals surface area contributed by atoms with Crippen molar-refractivity contribution < 1.29 is 0 Å². The minimum atomic E-state index is 0.233. The van der Waals surface area contributed by atoms with Gasteiger partial charge >= 0.3 is 0 Å². The maximum absolute atomic E-state index is 3.68. The van der Waals surface area contributed by atoms with E-state index in [1.54, 1.807) is 0 Å². The largest absolute Gasteiger partial charge is 0.312 e. The van der Waals surface area contributed by atoms with E-state index in [4.69, 9.17) is 0 Å². The molecule has 0 amide bonds. The van der Waals surface area contributed by atoms with Crippen molar-refractivity contribution in [3.63, 3.8) is 0 Å². The third kappa shape index (κ3) is 2.98. The number of thiophene rings is 1. The van der Waals surface area contributed by atoms with Crippen molar-refractivity contribution >= 4 is 11.3 Å². The van der Waals surface area contributed by atoms with Gasteiger partial charge in [-0.25, -0.2) is 0 Å². The molecule has 0 aliphatic heterocycles. The molecule has 13 heavy (non-hydrogen) atoms. The summed E-state index contributed by atoms with van der Waals surface area (Å²) in [7, 11) is 0. The van der Waals surface area contributed by atoms with E-state index in [1.807, 2.05) is 17.4 Å². The van der Waals surface area contributed by atoms with Crippen molar-refractivity contribution in [2.45, 2.75) is 19.3 Å². The zero-order chi connectivity index (χ0) is 9.73. The Morgan fingerprint density at radius 3 is 2.92 bits per heavy atom. The van der Waals surface area contributed by atoms with Crippen LogP contribution in [0.3, 0.4) is 0 Å². The predicted molar refractivity (Wildman–Crippen MR) is 60.4 cm³/mol. The van der Waals surface area contributed by atoms with Crippen molar-refractivity contribution in [1.29, 1.82) is 0 Å². The molecule has 0 unspecified atom stereocenters. The van der Waals surface area contributed by atoms with Gasteiger partial charge in [-0.3, -0.25) is 0 Å². The molecule has 0 aliphatic carbocycles. The lowest BCUT2D eigenvalue weighted by atomic mass is 9.91. The van der Waals surface area contributed by atoms with Crippen LogP contribution < -0.4 is 5.32 Å². The molecule has 1 rings (SSSR count). The highest BCUT2D eigenvalue weighted by Gasteiger charge is 2.20. The summed E-state index contributed by atoms with van der Waals surface area (Å²) < 4.78 is 0. The predicted octanol–water partition coefficient (Wildman–Crippen LogP) is 2.80. The molecule has 0 spiro atoms. The third-order valence-electron chi connectivity index (χ3n) is 2.04. The van der Waals surface area contributed by atoms with Crippen LogP contribution in [0.5, 0.6) is 0 Å². The average molecular weight is 195 g/mol. The first-order chi connectivity index (χ1) is 6.17. The minimum absolute atomic E-state index is 0.233. The van der Waals surface area contributed by atoms with Crippen LogP contribution in [0.15, 0.2) is 30.2 Å². The Labute approximate surface area is 84.5 Å². The molecule has 1 nitrogen and oxygen atoms in total. The van der Waals surface area contributed by atoms with Gasteiger partial charge in [0.15, 0.2) is 0 Å². The van der Waals surface area contributed by atoms with Crippen LogP contribution in [-0.4, -0.2) is 13.1 Å². The Kier molecular flexibility index (Phi) is 3.70. The highest BCUT2D eigenvalue weighted by atomic mass is 32.1. The van der Waals surface area contributed by atoms with Gasteiger partial charge in [0, 0.05) is 23.4 Å². The summed E-state index contributed by atoms with van der Waals surface area (Å²) in [6, 6.07) is 4.30. The summed E-state index contributed by atoms with van der Waals surface area (Å²) in [5.74, 6) is 0. The molecule has 0 fully saturated rings. The number of hydrogen-bond acceptors (Lipinski definition) is 2. The van der Waals surface area contributed by atoms with Gasteiger partial charge in [-0.05, 0) is 11.4 Å². The molecule has 0 aliphatic rings. The summed E-state index contributed by atoms with van der Waals surface area (Å²) in [4.78, 5) is 1.43. The molecule has 1 aromatic rings. The standard InChI is InChI=1S/C11H17NS/c1-4-7-12-9-11(2,3)10-6-5-8-13-10/h4-6,8,12H,1,7,9H2,2-3H3. The smallest absolute Gasteiger partial charge is 0.0132 e. The highest BCUT2D eigenvalue weighted by Crippen LogP contribution is 2.26. The first-order valence-electron chi connectivity index (χ1n) is 4.52. The molecule has 1 heterocycles.